The number of rotatable bonds is 4. The Balaban J connectivity index is 1.66. The number of aryl methyl sites for hydroxylation is 1. The van der Waals surface area contributed by atoms with Crippen LogP contribution in [0.25, 0.3) is 6.08 Å². The molecule has 1 saturated heterocycles. The molecule has 6 heteroatoms. The van der Waals surface area contributed by atoms with Crippen LogP contribution in [-0.2, 0) is 4.79 Å². The summed E-state index contributed by atoms with van der Waals surface area (Å²) in [6.45, 7) is 6.12. The topological polar surface area (TPSA) is 35.6 Å². The third-order valence-corrected chi connectivity index (χ3v) is 5.04. The van der Waals surface area contributed by atoms with Crippen molar-refractivity contribution in [3.8, 4) is 0 Å². The van der Waals surface area contributed by atoms with E-state index in [0.717, 1.165) is 31.7 Å². The van der Waals surface area contributed by atoms with Gasteiger partial charge in [-0.05, 0) is 55.9 Å². The lowest BCUT2D eigenvalue weighted by Crippen LogP contribution is -2.44. The van der Waals surface area contributed by atoms with Crippen molar-refractivity contribution < 1.29 is 9.18 Å². The molecule has 0 aromatic heterocycles. The molecule has 1 fully saturated rings. The first-order valence-corrected chi connectivity index (χ1v) is 9.29. The van der Waals surface area contributed by atoms with Crippen molar-refractivity contribution in [2.24, 2.45) is 0 Å². The van der Waals surface area contributed by atoms with Gasteiger partial charge in [0, 0.05) is 49.2 Å². The summed E-state index contributed by atoms with van der Waals surface area (Å²) in [5, 5.41) is 3.08. The Kier molecular flexibility index (Phi) is 6.14. The molecule has 0 saturated carbocycles. The summed E-state index contributed by atoms with van der Waals surface area (Å²) in [6, 6.07) is 10.3. The number of hydrogen-bond acceptors (Lipinski definition) is 3. The minimum absolute atomic E-state index is 0.205. The van der Waals surface area contributed by atoms with Gasteiger partial charge < -0.3 is 15.1 Å². The zero-order valence-electron chi connectivity index (χ0n) is 15.5. The summed E-state index contributed by atoms with van der Waals surface area (Å²) >= 11 is 5.96. The van der Waals surface area contributed by atoms with Crippen LogP contribution in [0.5, 0.6) is 0 Å². The molecule has 3 rings (SSSR count). The van der Waals surface area contributed by atoms with Gasteiger partial charge >= 0.3 is 0 Å². The predicted molar refractivity (Wildman–Crippen MR) is 110 cm³/mol. The Labute approximate surface area is 164 Å². The van der Waals surface area contributed by atoms with E-state index in [4.69, 9.17) is 11.6 Å². The molecule has 0 spiro atoms. The number of amides is 1. The fourth-order valence-electron chi connectivity index (χ4n) is 3.15. The van der Waals surface area contributed by atoms with E-state index < -0.39 is 5.82 Å². The highest BCUT2D eigenvalue weighted by atomic mass is 35.5. The monoisotopic (exact) mass is 387 g/mol. The normalized spacial score (nSPS) is 15.3. The Morgan fingerprint density at radius 3 is 2.59 bits per heavy atom. The molecular weight excluding hydrogens is 365 g/mol. The third-order valence-electron chi connectivity index (χ3n) is 4.71. The summed E-state index contributed by atoms with van der Waals surface area (Å²) in [6.07, 6.45) is 2.67. The van der Waals surface area contributed by atoms with Crippen LogP contribution in [0.3, 0.4) is 0 Å². The van der Waals surface area contributed by atoms with Gasteiger partial charge in [-0.2, -0.15) is 0 Å². The molecule has 2 aromatic carbocycles. The zero-order chi connectivity index (χ0) is 19.4. The number of hydrogen-bond donors (Lipinski definition) is 1. The van der Waals surface area contributed by atoms with Crippen molar-refractivity contribution in [3.63, 3.8) is 0 Å². The molecule has 1 heterocycles. The average Bonchev–Trinajstić information content (AvgIpc) is 2.62. The molecule has 142 valence electrons. The first-order valence-electron chi connectivity index (χ1n) is 8.91. The molecule has 0 aliphatic carbocycles. The van der Waals surface area contributed by atoms with Crippen LogP contribution in [0.4, 0.5) is 15.8 Å². The number of likely N-dealkylation sites (N-methyl/N-ethyl adjacent to an activating group) is 1. The van der Waals surface area contributed by atoms with Gasteiger partial charge in [0.05, 0.1) is 5.02 Å². The van der Waals surface area contributed by atoms with E-state index in [1.807, 2.05) is 25.1 Å². The maximum Gasteiger partial charge on any atom is 0.248 e. The first kappa shape index (κ1) is 19.4. The SMILES string of the molecule is Cc1cc(NC(=O)/C=C/c2c(F)cccc2Cl)ccc1N1CCN(C)CC1. The van der Waals surface area contributed by atoms with Crippen LogP contribution in [0, 0.1) is 12.7 Å². The Morgan fingerprint density at radius 1 is 1.19 bits per heavy atom. The lowest BCUT2D eigenvalue weighted by atomic mass is 10.1. The number of anilines is 2. The number of benzene rings is 2. The van der Waals surface area contributed by atoms with Crippen molar-refractivity contribution in [2.45, 2.75) is 6.92 Å². The van der Waals surface area contributed by atoms with Gasteiger partial charge in [0.2, 0.25) is 5.91 Å². The van der Waals surface area contributed by atoms with Crippen molar-refractivity contribution in [1.82, 2.24) is 4.90 Å². The van der Waals surface area contributed by atoms with Gasteiger partial charge in [-0.3, -0.25) is 4.79 Å². The smallest absolute Gasteiger partial charge is 0.248 e. The van der Waals surface area contributed by atoms with Gasteiger partial charge in [0.15, 0.2) is 0 Å². The number of piperazine rings is 1. The summed E-state index contributed by atoms with van der Waals surface area (Å²) in [4.78, 5) is 16.8. The van der Waals surface area contributed by atoms with Crippen molar-refractivity contribution in [2.75, 3.05) is 43.4 Å². The third kappa shape index (κ3) is 4.87. The van der Waals surface area contributed by atoms with Gasteiger partial charge in [-0.15, -0.1) is 0 Å². The van der Waals surface area contributed by atoms with Gasteiger partial charge in [0.1, 0.15) is 5.82 Å². The van der Waals surface area contributed by atoms with Crippen molar-refractivity contribution in [3.05, 3.63) is 64.4 Å². The van der Waals surface area contributed by atoms with Crippen LogP contribution in [0.1, 0.15) is 11.1 Å². The summed E-state index contributed by atoms with van der Waals surface area (Å²) in [7, 11) is 2.13. The molecule has 1 amide bonds. The molecule has 2 aromatic rings. The molecule has 1 aliphatic heterocycles. The van der Waals surface area contributed by atoms with Crippen LogP contribution >= 0.6 is 11.6 Å². The van der Waals surface area contributed by atoms with E-state index in [0.29, 0.717) is 5.69 Å². The van der Waals surface area contributed by atoms with E-state index in [2.05, 4.69) is 22.2 Å². The van der Waals surface area contributed by atoms with Crippen LogP contribution in [-0.4, -0.2) is 44.0 Å². The quantitative estimate of drug-likeness (QED) is 0.799. The Hall–Kier alpha value is -2.37. The summed E-state index contributed by atoms with van der Waals surface area (Å²) in [5.41, 5.74) is 3.21. The fraction of sp³-hybridized carbons (Fsp3) is 0.286. The lowest BCUT2D eigenvalue weighted by molar-refractivity contribution is -0.111. The zero-order valence-corrected chi connectivity index (χ0v) is 16.3. The second kappa shape index (κ2) is 8.55. The second-order valence-electron chi connectivity index (χ2n) is 6.75. The van der Waals surface area contributed by atoms with Crippen LogP contribution in [0.2, 0.25) is 5.02 Å². The molecule has 0 radical (unpaired) electrons. The number of nitrogens with one attached hydrogen (secondary N) is 1. The maximum absolute atomic E-state index is 13.8. The van der Waals surface area contributed by atoms with Gasteiger partial charge in [-0.25, -0.2) is 4.39 Å². The van der Waals surface area contributed by atoms with Crippen LogP contribution in [0.15, 0.2) is 42.5 Å². The molecule has 1 aliphatic rings. The summed E-state index contributed by atoms with van der Waals surface area (Å²) in [5.74, 6) is -0.792. The highest BCUT2D eigenvalue weighted by Gasteiger charge is 2.16. The first-order chi connectivity index (χ1) is 12.9. The van der Waals surface area contributed by atoms with Gasteiger partial charge in [-0.1, -0.05) is 17.7 Å². The largest absolute Gasteiger partial charge is 0.369 e. The number of nitrogens with zero attached hydrogens (tertiary/aromatic N) is 2. The van der Waals surface area contributed by atoms with E-state index in [1.165, 1.54) is 30.0 Å². The Morgan fingerprint density at radius 2 is 1.93 bits per heavy atom. The highest BCUT2D eigenvalue weighted by molar-refractivity contribution is 6.32. The molecule has 4 nitrogen and oxygen atoms in total. The predicted octanol–water partition coefficient (Wildman–Crippen LogP) is 4.19. The maximum atomic E-state index is 13.8. The van der Waals surface area contributed by atoms with Crippen molar-refractivity contribution in [1.29, 1.82) is 0 Å². The molecule has 0 bridgehead atoms. The molecular formula is C21H23ClFN3O. The minimum Gasteiger partial charge on any atom is -0.369 e. The highest BCUT2D eigenvalue weighted by Crippen LogP contribution is 2.25. The van der Waals surface area contributed by atoms with Gasteiger partial charge in [0.25, 0.3) is 0 Å². The number of carbonyl (C=O) groups excluding carboxylic acids is 1. The van der Waals surface area contributed by atoms with E-state index in [9.17, 15) is 9.18 Å². The molecule has 0 unspecified atom stereocenters. The van der Waals surface area contributed by atoms with E-state index >= 15 is 0 Å². The summed E-state index contributed by atoms with van der Waals surface area (Å²) < 4.78 is 13.8. The molecule has 1 N–H and O–H groups in total. The lowest BCUT2D eigenvalue weighted by Gasteiger charge is -2.35. The minimum atomic E-state index is -0.459. The molecule has 0 atom stereocenters. The van der Waals surface area contributed by atoms with E-state index in [1.54, 1.807) is 6.07 Å². The standard InChI is InChI=1S/C21H23ClFN3O/c1-15-14-16(6-8-20(15)26-12-10-25(2)11-13-26)24-21(27)9-7-17-18(22)4-3-5-19(17)23/h3-9,14H,10-13H2,1-2H3,(H,24,27)/b9-7+. The fourth-order valence-corrected chi connectivity index (χ4v) is 3.37. The Bertz CT molecular complexity index is 840. The average molecular weight is 388 g/mol. The van der Waals surface area contributed by atoms with E-state index in [-0.39, 0.29) is 16.5 Å². The number of halogens is 2. The van der Waals surface area contributed by atoms with Crippen molar-refractivity contribution >= 4 is 35.0 Å². The van der Waals surface area contributed by atoms with Crippen LogP contribution < -0.4 is 10.2 Å². The second-order valence-corrected chi connectivity index (χ2v) is 7.16. The molecule has 27 heavy (non-hydrogen) atoms. The number of carbonyl (C=O) groups is 1.